The zero-order chi connectivity index (χ0) is 31.8. The molecule has 1 aliphatic rings. The van der Waals surface area contributed by atoms with Crippen LogP contribution in [-0.4, -0.2) is 50.7 Å². The van der Waals surface area contributed by atoms with Crippen LogP contribution >= 0.6 is 34.2 Å². The molecule has 0 unspecified atom stereocenters. The van der Waals surface area contributed by atoms with Gasteiger partial charge in [0, 0.05) is 16.8 Å². The smallest absolute Gasteiger partial charge is 0.335 e. The number of barbiturate groups is 1. The van der Waals surface area contributed by atoms with Crippen molar-refractivity contribution in [3.63, 3.8) is 0 Å². The van der Waals surface area contributed by atoms with Crippen LogP contribution in [0.4, 0.5) is 16.2 Å². The van der Waals surface area contributed by atoms with E-state index in [4.69, 9.17) is 30.5 Å². The summed E-state index contributed by atoms with van der Waals surface area (Å²) in [7, 11) is 1.42. The van der Waals surface area contributed by atoms with Gasteiger partial charge in [0.25, 0.3) is 17.7 Å². The fraction of sp³-hybridized carbons (Fsp3) is 0.226. The second kappa shape index (κ2) is 14.9. The van der Waals surface area contributed by atoms with Crippen LogP contribution in [0.5, 0.6) is 23.0 Å². The topological polar surface area (TPSA) is 132 Å². The molecule has 13 heteroatoms. The number of hydrogen-bond acceptors (Lipinski definition) is 8. The Hall–Kier alpha value is -4.30. The first-order chi connectivity index (χ1) is 21.1. The molecule has 0 aromatic heterocycles. The number of urea groups is 1. The highest BCUT2D eigenvalue weighted by molar-refractivity contribution is 14.1. The van der Waals surface area contributed by atoms with Crippen molar-refractivity contribution in [2.75, 3.05) is 37.1 Å². The van der Waals surface area contributed by atoms with Crippen molar-refractivity contribution >= 4 is 75.4 Å². The number of nitrogens with one attached hydrogen (secondary N) is 2. The molecule has 0 radical (unpaired) electrons. The molecule has 3 aromatic rings. The van der Waals surface area contributed by atoms with Gasteiger partial charge in [0.1, 0.15) is 5.57 Å². The van der Waals surface area contributed by atoms with Crippen LogP contribution in [0.15, 0.2) is 60.2 Å². The van der Waals surface area contributed by atoms with Crippen LogP contribution in [0.2, 0.25) is 5.02 Å². The summed E-state index contributed by atoms with van der Waals surface area (Å²) in [5.74, 6) is -0.675. The van der Waals surface area contributed by atoms with E-state index in [2.05, 4.69) is 10.6 Å². The zero-order valence-electron chi connectivity index (χ0n) is 24.1. The van der Waals surface area contributed by atoms with Crippen LogP contribution < -0.4 is 34.5 Å². The quantitative estimate of drug-likeness (QED) is 0.135. The van der Waals surface area contributed by atoms with Crippen molar-refractivity contribution in [3.05, 3.63) is 74.3 Å². The van der Waals surface area contributed by atoms with Crippen LogP contribution in [0, 0.1) is 3.57 Å². The maximum Gasteiger partial charge on any atom is 0.335 e. The number of hydrogen-bond donors (Lipinski definition) is 2. The van der Waals surface area contributed by atoms with Crippen molar-refractivity contribution in [1.82, 2.24) is 5.32 Å². The fourth-order valence-corrected chi connectivity index (χ4v) is 5.03. The lowest BCUT2D eigenvalue weighted by Crippen LogP contribution is -2.54. The van der Waals surface area contributed by atoms with Crippen LogP contribution in [-0.2, 0) is 14.4 Å². The number of methoxy groups -OCH3 is 1. The first-order valence-corrected chi connectivity index (χ1v) is 15.0. The first kappa shape index (κ1) is 32.6. The van der Waals surface area contributed by atoms with E-state index in [1.54, 1.807) is 55.5 Å². The Kier molecular flexibility index (Phi) is 11.1. The number of nitrogens with zero attached hydrogens (tertiary/aromatic N) is 1. The number of benzene rings is 3. The highest BCUT2D eigenvalue weighted by Crippen LogP contribution is 2.36. The summed E-state index contributed by atoms with van der Waals surface area (Å²) in [5, 5.41) is 5.47. The predicted molar refractivity (Wildman–Crippen MR) is 174 cm³/mol. The SMILES string of the molecule is CCCOc1ccc(N2C(=O)NC(=O)/C(=C\c3cc(I)c(OCC(=O)Nc4ccc(Cl)cc4)c(OC)c3)C2=O)cc1OCC. The lowest BCUT2D eigenvalue weighted by molar-refractivity contribution is -0.122. The second-order valence-corrected chi connectivity index (χ2v) is 10.8. The van der Waals surface area contributed by atoms with Gasteiger partial charge >= 0.3 is 6.03 Å². The maximum absolute atomic E-state index is 13.5. The number of carbonyl (C=O) groups is 4. The van der Waals surface area contributed by atoms with Gasteiger partial charge in [-0.2, -0.15) is 0 Å². The molecule has 11 nitrogen and oxygen atoms in total. The zero-order valence-corrected chi connectivity index (χ0v) is 27.0. The van der Waals surface area contributed by atoms with Crippen molar-refractivity contribution in [3.8, 4) is 23.0 Å². The molecule has 0 spiro atoms. The molecule has 44 heavy (non-hydrogen) atoms. The van der Waals surface area contributed by atoms with Gasteiger partial charge in [-0.15, -0.1) is 0 Å². The molecule has 4 rings (SSSR count). The molecule has 230 valence electrons. The van der Waals surface area contributed by atoms with E-state index < -0.39 is 23.8 Å². The highest BCUT2D eigenvalue weighted by Gasteiger charge is 2.37. The van der Waals surface area contributed by atoms with Gasteiger partial charge in [0.2, 0.25) is 0 Å². The lowest BCUT2D eigenvalue weighted by Gasteiger charge is -2.27. The molecule has 0 saturated carbocycles. The summed E-state index contributed by atoms with van der Waals surface area (Å²) >= 11 is 7.88. The molecule has 1 aliphatic heterocycles. The average Bonchev–Trinajstić information content (AvgIpc) is 2.99. The molecular formula is C31H29ClIN3O8. The standard InChI is InChI=1S/C31H29ClIN3O8/c1-4-12-43-24-11-10-21(16-25(24)42-5-2)36-30(39)22(29(38)35-31(36)40)13-18-14-23(33)28(26(15-18)41-3)44-17-27(37)34-20-8-6-19(32)7-9-20/h6-11,13-16H,4-5,12,17H2,1-3H3,(H,34,37)(H,35,38,40)/b22-13+. The molecule has 1 saturated heterocycles. The third-order valence-electron chi connectivity index (χ3n) is 6.09. The van der Waals surface area contributed by atoms with Gasteiger partial charge in [-0.3, -0.25) is 19.7 Å². The van der Waals surface area contributed by atoms with E-state index in [0.717, 1.165) is 11.3 Å². The number of amides is 5. The number of rotatable bonds is 12. The summed E-state index contributed by atoms with van der Waals surface area (Å²) in [6.45, 7) is 4.27. The molecule has 3 aromatic carbocycles. The molecule has 0 bridgehead atoms. The molecule has 1 heterocycles. The van der Waals surface area contributed by atoms with Crippen LogP contribution in [0.3, 0.4) is 0 Å². The van der Waals surface area contributed by atoms with E-state index in [9.17, 15) is 19.2 Å². The molecule has 0 aliphatic carbocycles. The number of imide groups is 2. The van der Waals surface area contributed by atoms with Gasteiger partial charge in [-0.25, -0.2) is 9.69 Å². The van der Waals surface area contributed by atoms with Crippen molar-refractivity contribution in [1.29, 1.82) is 0 Å². The fourth-order valence-electron chi connectivity index (χ4n) is 4.13. The van der Waals surface area contributed by atoms with E-state index >= 15 is 0 Å². The minimum atomic E-state index is -0.894. The molecule has 2 N–H and O–H groups in total. The van der Waals surface area contributed by atoms with Gasteiger partial charge in [0.15, 0.2) is 29.6 Å². The van der Waals surface area contributed by atoms with Gasteiger partial charge in [0.05, 0.1) is 29.6 Å². The van der Waals surface area contributed by atoms with Crippen LogP contribution in [0.1, 0.15) is 25.8 Å². The molecule has 1 fully saturated rings. The summed E-state index contributed by atoms with van der Waals surface area (Å²) in [6, 6.07) is 13.6. The van der Waals surface area contributed by atoms with E-state index in [1.165, 1.54) is 19.3 Å². The monoisotopic (exact) mass is 733 g/mol. The van der Waals surface area contributed by atoms with E-state index in [1.807, 2.05) is 29.5 Å². The Morgan fingerprint density at radius 2 is 1.73 bits per heavy atom. The summed E-state index contributed by atoms with van der Waals surface area (Å²) < 4.78 is 23.1. The largest absolute Gasteiger partial charge is 0.493 e. The van der Waals surface area contributed by atoms with E-state index in [-0.39, 0.29) is 23.6 Å². The second-order valence-electron chi connectivity index (χ2n) is 9.25. The number of anilines is 2. The van der Waals surface area contributed by atoms with Gasteiger partial charge < -0.3 is 24.3 Å². The number of ether oxygens (including phenoxy) is 4. The lowest BCUT2D eigenvalue weighted by atomic mass is 10.1. The average molecular weight is 734 g/mol. The van der Waals surface area contributed by atoms with Gasteiger partial charge in [-0.05, 0) is 96.1 Å². The summed E-state index contributed by atoms with van der Waals surface area (Å²) in [6.07, 6.45) is 2.13. The minimum Gasteiger partial charge on any atom is -0.493 e. The third-order valence-corrected chi connectivity index (χ3v) is 7.14. The van der Waals surface area contributed by atoms with Crippen molar-refractivity contribution in [2.24, 2.45) is 0 Å². The predicted octanol–water partition coefficient (Wildman–Crippen LogP) is 5.82. The minimum absolute atomic E-state index is 0.200. The normalized spacial score (nSPS) is 13.9. The Morgan fingerprint density at radius 3 is 2.41 bits per heavy atom. The number of halogens is 2. The highest BCUT2D eigenvalue weighted by atomic mass is 127. The molecule has 0 atom stereocenters. The molecule has 5 amide bonds. The Bertz CT molecular complexity index is 1610. The Labute approximate surface area is 272 Å². The summed E-state index contributed by atoms with van der Waals surface area (Å²) in [5.41, 5.74) is 0.911. The maximum atomic E-state index is 13.5. The Morgan fingerprint density at radius 1 is 0.977 bits per heavy atom. The summed E-state index contributed by atoms with van der Waals surface area (Å²) in [4.78, 5) is 52.4. The Balaban J connectivity index is 1.57. The number of carbonyl (C=O) groups excluding carboxylic acids is 4. The third kappa shape index (κ3) is 7.80. The van der Waals surface area contributed by atoms with Crippen molar-refractivity contribution < 1.29 is 38.1 Å². The molecular weight excluding hydrogens is 705 g/mol. The van der Waals surface area contributed by atoms with Gasteiger partial charge in [-0.1, -0.05) is 18.5 Å². The first-order valence-electron chi connectivity index (χ1n) is 13.5. The van der Waals surface area contributed by atoms with E-state index in [0.29, 0.717) is 50.3 Å². The van der Waals surface area contributed by atoms with Crippen molar-refractivity contribution in [2.45, 2.75) is 20.3 Å². The van der Waals surface area contributed by atoms with Crippen LogP contribution in [0.25, 0.3) is 6.08 Å².